The summed E-state index contributed by atoms with van der Waals surface area (Å²) in [6, 6.07) is 5.96. The van der Waals surface area contributed by atoms with Crippen LogP contribution in [0.2, 0.25) is 0 Å². The lowest BCUT2D eigenvalue weighted by Crippen LogP contribution is -1.94. The van der Waals surface area contributed by atoms with Gasteiger partial charge in [-0.1, -0.05) is 17.4 Å². The number of nitrogens with zero attached hydrogens (tertiary/aromatic N) is 1. The molecule has 2 aromatic rings. The fourth-order valence-corrected chi connectivity index (χ4v) is 2.27. The molecule has 0 atom stereocenters. The minimum atomic E-state index is 0.836. The Balaban J connectivity index is 2.52. The second-order valence-corrected chi connectivity index (χ2v) is 3.89. The van der Waals surface area contributed by atoms with Crippen molar-refractivity contribution in [1.82, 2.24) is 4.98 Å². The van der Waals surface area contributed by atoms with Crippen LogP contribution in [0.25, 0.3) is 10.2 Å². The molecule has 1 heterocycles. The summed E-state index contributed by atoms with van der Waals surface area (Å²) in [7, 11) is 1.67. The first-order valence-electron chi connectivity index (χ1n) is 4.52. The molecule has 0 saturated heterocycles. The molecule has 0 aliphatic carbocycles. The molecule has 74 valence electrons. The summed E-state index contributed by atoms with van der Waals surface area (Å²) in [5.41, 5.74) is 0.941. The number of methoxy groups -OCH3 is 1. The van der Waals surface area contributed by atoms with Crippen molar-refractivity contribution >= 4 is 26.7 Å². The normalized spacial score (nSPS) is 10.4. The quantitative estimate of drug-likeness (QED) is 0.842. The number of aromatic nitrogens is 1. The predicted octanol–water partition coefficient (Wildman–Crippen LogP) is 2.74. The molecule has 0 aliphatic rings. The molecule has 0 spiro atoms. The molecule has 0 fully saturated rings. The topological polar surface area (TPSA) is 34.2 Å². The molecule has 0 amide bonds. The molecule has 0 unspecified atom stereocenters. The number of hydrogen-bond donors (Lipinski definition) is 1. The zero-order valence-electron chi connectivity index (χ0n) is 8.20. The average molecular weight is 208 g/mol. The van der Waals surface area contributed by atoms with Crippen molar-refractivity contribution in [2.45, 2.75) is 6.92 Å². The molecule has 1 N–H and O–H groups in total. The number of ether oxygens (including phenoxy) is 1. The van der Waals surface area contributed by atoms with Gasteiger partial charge in [0.1, 0.15) is 11.3 Å². The first-order chi connectivity index (χ1) is 6.85. The highest BCUT2D eigenvalue weighted by molar-refractivity contribution is 7.22. The fraction of sp³-hybridized carbons (Fsp3) is 0.300. The maximum atomic E-state index is 5.24. The summed E-state index contributed by atoms with van der Waals surface area (Å²) in [6.45, 7) is 2.95. The zero-order valence-corrected chi connectivity index (χ0v) is 9.02. The van der Waals surface area contributed by atoms with Crippen LogP contribution in [0.5, 0.6) is 5.75 Å². The monoisotopic (exact) mass is 208 g/mol. The van der Waals surface area contributed by atoms with Crippen LogP contribution in [0.4, 0.5) is 5.13 Å². The van der Waals surface area contributed by atoms with Gasteiger partial charge < -0.3 is 10.1 Å². The van der Waals surface area contributed by atoms with Crippen LogP contribution >= 0.6 is 11.3 Å². The lowest BCUT2D eigenvalue weighted by atomic mass is 10.3. The molecule has 0 radical (unpaired) electrons. The van der Waals surface area contributed by atoms with E-state index in [0.717, 1.165) is 27.6 Å². The minimum Gasteiger partial charge on any atom is -0.494 e. The van der Waals surface area contributed by atoms with E-state index in [9.17, 15) is 0 Å². The van der Waals surface area contributed by atoms with Gasteiger partial charge in [-0.15, -0.1) is 0 Å². The predicted molar refractivity (Wildman–Crippen MR) is 60.3 cm³/mol. The van der Waals surface area contributed by atoms with Gasteiger partial charge in [-0.3, -0.25) is 0 Å². The molecule has 0 aliphatic heterocycles. The number of rotatable bonds is 3. The Hall–Kier alpha value is -1.29. The van der Waals surface area contributed by atoms with Crippen LogP contribution in [0.3, 0.4) is 0 Å². The number of fused-ring (bicyclic) bond motifs is 1. The maximum absolute atomic E-state index is 5.24. The van der Waals surface area contributed by atoms with Crippen LogP contribution in [0, 0.1) is 0 Å². The number of benzene rings is 1. The molecular formula is C10H12N2OS. The maximum Gasteiger partial charge on any atom is 0.183 e. The van der Waals surface area contributed by atoms with E-state index in [4.69, 9.17) is 4.74 Å². The first-order valence-corrected chi connectivity index (χ1v) is 5.34. The van der Waals surface area contributed by atoms with Crippen LogP contribution in [0.15, 0.2) is 18.2 Å². The van der Waals surface area contributed by atoms with Gasteiger partial charge in [0, 0.05) is 6.54 Å². The van der Waals surface area contributed by atoms with Crippen LogP contribution in [-0.2, 0) is 0 Å². The van der Waals surface area contributed by atoms with Gasteiger partial charge in [-0.05, 0) is 19.1 Å². The van der Waals surface area contributed by atoms with Crippen molar-refractivity contribution in [2.24, 2.45) is 0 Å². The zero-order chi connectivity index (χ0) is 9.97. The van der Waals surface area contributed by atoms with Gasteiger partial charge in [0.25, 0.3) is 0 Å². The highest BCUT2D eigenvalue weighted by Crippen LogP contribution is 2.31. The number of anilines is 1. The summed E-state index contributed by atoms with van der Waals surface area (Å²) in [6.07, 6.45) is 0. The molecular weight excluding hydrogens is 196 g/mol. The van der Waals surface area contributed by atoms with E-state index in [1.165, 1.54) is 0 Å². The van der Waals surface area contributed by atoms with E-state index in [1.54, 1.807) is 18.4 Å². The lowest BCUT2D eigenvalue weighted by molar-refractivity contribution is 0.419. The van der Waals surface area contributed by atoms with Crippen molar-refractivity contribution in [3.05, 3.63) is 18.2 Å². The van der Waals surface area contributed by atoms with E-state index in [1.807, 2.05) is 12.1 Å². The highest BCUT2D eigenvalue weighted by atomic mass is 32.1. The van der Waals surface area contributed by atoms with Crippen molar-refractivity contribution in [2.75, 3.05) is 19.0 Å². The Kier molecular flexibility index (Phi) is 2.54. The number of hydrogen-bond acceptors (Lipinski definition) is 4. The summed E-state index contributed by atoms with van der Waals surface area (Å²) in [4.78, 5) is 4.46. The Labute approximate surface area is 86.7 Å². The smallest absolute Gasteiger partial charge is 0.183 e. The fourth-order valence-electron chi connectivity index (χ4n) is 1.31. The molecule has 4 heteroatoms. The van der Waals surface area contributed by atoms with E-state index in [2.05, 4.69) is 23.3 Å². The molecule has 2 rings (SSSR count). The van der Waals surface area contributed by atoms with Gasteiger partial charge in [-0.2, -0.15) is 0 Å². The summed E-state index contributed by atoms with van der Waals surface area (Å²) in [5, 5.41) is 4.15. The van der Waals surface area contributed by atoms with E-state index >= 15 is 0 Å². The molecule has 14 heavy (non-hydrogen) atoms. The van der Waals surface area contributed by atoms with Gasteiger partial charge in [0.05, 0.1) is 11.8 Å². The van der Waals surface area contributed by atoms with Crippen molar-refractivity contribution in [3.8, 4) is 5.75 Å². The minimum absolute atomic E-state index is 0.836. The average Bonchev–Trinajstić information content (AvgIpc) is 2.60. The second kappa shape index (κ2) is 3.84. The Morgan fingerprint density at radius 2 is 2.36 bits per heavy atom. The van der Waals surface area contributed by atoms with Crippen molar-refractivity contribution in [3.63, 3.8) is 0 Å². The van der Waals surface area contributed by atoms with Gasteiger partial charge >= 0.3 is 0 Å². The van der Waals surface area contributed by atoms with E-state index in [-0.39, 0.29) is 0 Å². The Morgan fingerprint density at radius 3 is 3.07 bits per heavy atom. The van der Waals surface area contributed by atoms with Crippen molar-refractivity contribution in [1.29, 1.82) is 0 Å². The Morgan fingerprint density at radius 1 is 1.50 bits per heavy atom. The SMILES string of the molecule is CCNc1nc2c(OC)cccc2s1. The highest BCUT2D eigenvalue weighted by Gasteiger charge is 2.06. The summed E-state index contributed by atoms with van der Waals surface area (Å²) >= 11 is 1.65. The third-order valence-corrected chi connectivity index (χ3v) is 2.91. The largest absolute Gasteiger partial charge is 0.494 e. The standard InChI is InChI=1S/C10H12N2OS/c1-3-11-10-12-9-7(13-2)5-4-6-8(9)14-10/h4-6H,3H2,1-2H3,(H,11,12). The van der Waals surface area contributed by atoms with Crippen molar-refractivity contribution < 1.29 is 4.74 Å². The number of para-hydroxylation sites is 1. The van der Waals surface area contributed by atoms with Crippen LogP contribution in [-0.4, -0.2) is 18.6 Å². The Bertz CT molecular complexity index is 439. The van der Waals surface area contributed by atoms with E-state index < -0.39 is 0 Å². The third-order valence-electron chi connectivity index (χ3n) is 1.93. The lowest BCUT2D eigenvalue weighted by Gasteiger charge is -1.98. The number of nitrogens with one attached hydrogen (secondary N) is 1. The van der Waals surface area contributed by atoms with Crippen LogP contribution < -0.4 is 10.1 Å². The third kappa shape index (κ3) is 1.53. The van der Waals surface area contributed by atoms with Gasteiger partial charge in [0.2, 0.25) is 0 Å². The van der Waals surface area contributed by atoms with E-state index in [0.29, 0.717) is 0 Å². The number of thiazole rings is 1. The van der Waals surface area contributed by atoms with Crippen LogP contribution in [0.1, 0.15) is 6.92 Å². The van der Waals surface area contributed by atoms with Gasteiger partial charge in [-0.25, -0.2) is 4.98 Å². The molecule has 0 bridgehead atoms. The molecule has 1 aromatic carbocycles. The molecule has 1 aromatic heterocycles. The summed E-state index contributed by atoms with van der Waals surface area (Å²) in [5.74, 6) is 0.836. The van der Waals surface area contributed by atoms with Gasteiger partial charge in [0.15, 0.2) is 5.13 Å². The summed E-state index contributed by atoms with van der Waals surface area (Å²) < 4.78 is 6.39. The first kappa shape index (κ1) is 9.27. The second-order valence-electron chi connectivity index (χ2n) is 2.86. The molecule has 3 nitrogen and oxygen atoms in total. The molecule has 0 saturated carbocycles.